The number of hydrogen-bond donors (Lipinski definition) is 1. The first-order chi connectivity index (χ1) is 12.5. The first-order valence-corrected chi connectivity index (χ1v) is 9.30. The minimum atomic E-state index is -0.0671. The predicted molar refractivity (Wildman–Crippen MR) is 98.6 cm³/mol. The van der Waals surface area contributed by atoms with Crippen LogP contribution < -0.4 is 5.32 Å². The minimum Gasteiger partial charge on any atom is -0.381 e. The van der Waals surface area contributed by atoms with Crippen molar-refractivity contribution < 1.29 is 9.53 Å². The summed E-state index contributed by atoms with van der Waals surface area (Å²) in [4.78, 5) is 17.2. The van der Waals surface area contributed by atoms with E-state index in [9.17, 15) is 4.79 Å². The summed E-state index contributed by atoms with van der Waals surface area (Å²) < 4.78 is 9.36. The van der Waals surface area contributed by atoms with Crippen LogP contribution in [0.15, 0.2) is 12.4 Å². The minimum absolute atomic E-state index is 0.0622. The van der Waals surface area contributed by atoms with Crippen LogP contribution >= 0.6 is 0 Å². The molecule has 7 heteroatoms. The topological polar surface area (TPSA) is 74.0 Å². The zero-order valence-electron chi connectivity index (χ0n) is 16.2. The largest absolute Gasteiger partial charge is 0.381 e. The van der Waals surface area contributed by atoms with Crippen molar-refractivity contribution in [1.82, 2.24) is 24.6 Å². The number of nitrogens with zero attached hydrogens (tertiary/aromatic N) is 4. The second-order valence-corrected chi connectivity index (χ2v) is 7.16. The fraction of sp³-hybridized carbons (Fsp3) is 0.632. The number of imidazole rings is 1. The number of aryl methyl sites for hydroxylation is 3. The highest BCUT2D eigenvalue weighted by molar-refractivity contribution is 5.76. The Hall–Kier alpha value is -2.15. The van der Waals surface area contributed by atoms with E-state index >= 15 is 0 Å². The normalized spacial score (nSPS) is 16.6. The number of hydrogen-bond acceptors (Lipinski definition) is 4. The molecule has 1 atom stereocenters. The fourth-order valence-electron chi connectivity index (χ4n) is 3.78. The van der Waals surface area contributed by atoms with Gasteiger partial charge in [0.1, 0.15) is 5.82 Å². The molecule has 1 saturated heterocycles. The van der Waals surface area contributed by atoms with Crippen molar-refractivity contribution in [3.05, 3.63) is 35.2 Å². The molecule has 7 nitrogen and oxygen atoms in total. The second kappa shape index (κ2) is 8.03. The van der Waals surface area contributed by atoms with E-state index < -0.39 is 0 Å². The molecular weight excluding hydrogens is 330 g/mol. The molecule has 1 unspecified atom stereocenters. The molecule has 0 aromatic carbocycles. The highest BCUT2D eigenvalue weighted by atomic mass is 16.5. The van der Waals surface area contributed by atoms with Crippen LogP contribution in [-0.2, 0) is 30.0 Å². The van der Waals surface area contributed by atoms with Gasteiger partial charge in [-0.25, -0.2) is 4.98 Å². The van der Waals surface area contributed by atoms with E-state index in [1.165, 1.54) is 5.56 Å². The maximum atomic E-state index is 12.7. The number of carbonyl (C=O) groups excluding carboxylic acids is 1. The predicted octanol–water partition coefficient (Wildman–Crippen LogP) is 1.99. The molecule has 26 heavy (non-hydrogen) atoms. The van der Waals surface area contributed by atoms with Gasteiger partial charge in [-0.3, -0.25) is 9.48 Å². The number of ether oxygens (including phenoxy) is 1. The van der Waals surface area contributed by atoms with E-state index in [0.29, 0.717) is 18.8 Å². The van der Waals surface area contributed by atoms with Crippen LogP contribution in [0.1, 0.15) is 48.1 Å². The van der Waals surface area contributed by atoms with Gasteiger partial charge in [-0.2, -0.15) is 5.10 Å². The zero-order chi connectivity index (χ0) is 18.7. The van der Waals surface area contributed by atoms with Crippen LogP contribution in [0.4, 0.5) is 0 Å². The maximum absolute atomic E-state index is 12.7. The standard InChI is InChI=1S/C19H29N5O2/c1-13-16(14(2)24(4)22-13)5-6-17(25)21-18(15-7-11-26-12-8-15)19-20-9-10-23(19)3/h9-10,15,18H,5-8,11-12H2,1-4H3,(H,21,25). The summed E-state index contributed by atoms with van der Waals surface area (Å²) in [6.45, 7) is 5.54. The van der Waals surface area contributed by atoms with E-state index in [2.05, 4.69) is 15.4 Å². The molecule has 0 spiro atoms. The van der Waals surface area contributed by atoms with Crippen LogP contribution in [-0.4, -0.2) is 38.5 Å². The average Bonchev–Trinajstić information content (AvgIpc) is 3.15. The van der Waals surface area contributed by atoms with Gasteiger partial charge in [0, 0.05) is 51.8 Å². The number of aromatic nitrogens is 4. The van der Waals surface area contributed by atoms with Crippen molar-refractivity contribution >= 4 is 5.91 Å². The van der Waals surface area contributed by atoms with Gasteiger partial charge in [-0.05, 0) is 44.6 Å². The molecule has 1 amide bonds. The SMILES string of the molecule is Cc1nn(C)c(C)c1CCC(=O)NC(c1nccn1C)C1CCOCC1. The summed E-state index contributed by atoms with van der Waals surface area (Å²) in [5.41, 5.74) is 3.30. The molecule has 2 aromatic rings. The molecule has 0 radical (unpaired) electrons. The van der Waals surface area contributed by atoms with E-state index in [1.54, 1.807) is 6.20 Å². The fourth-order valence-corrected chi connectivity index (χ4v) is 3.78. The lowest BCUT2D eigenvalue weighted by atomic mass is 9.91. The molecular formula is C19H29N5O2. The number of carbonyl (C=O) groups is 1. The third kappa shape index (κ3) is 3.98. The molecule has 0 bridgehead atoms. The van der Waals surface area contributed by atoms with E-state index in [4.69, 9.17) is 4.74 Å². The van der Waals surface area contributed by atoms with Gasteiger partial charge in [0.2, 0.25) is 5.91 Å². The molecule has 3 rings (SSSR count). The quantitative estimate of drug-likeness (QED) is 0.856. The van der Waals surface area contributed by atoms with Gasteiger partial charge in [-0.15, -0.1) is 0 Å². The molecule has 142 valence electrons. The number of nitrogens with one attached hydrogen (secondary N) is 1. The van der Waals surface area contributed by atoms with Crippen LogP contribution in [0.3, 0.4) is 0 Å². The Labute approximate surface area is 154 Å². The smallest absolute Gasteiger partial charge is 0.220 e. The lowest BCUT2D eigenvalue weighted by Gasteiger charge is -2.30. The maximum Gasteiger partial charge on any atom is 0.220 e. The molecule has 0 aliphatic carbocycles. The Morgan fingerprint density at radius 2 is 2.08 bits per heavy atom. The molecule has 3 heterocycles. The highest BCUT2D eigenvalue weighted by Gasteiger charge is 2.29. The highest BCUT2D eigenvalue weighted by Crippen LogP contribution is 2.29. The number of amides is 1. The van der Waals surface area contributed by atoms with Crippen molar-refractivity contribution in [1.29, 1.82) is 0 Å². The summed E-state index contributed by atoms with van der Waals surface area (Å²) in [7, 11) is 3.91. The lowest BCUT2D eigenvalue weighted by molar-refractivity contribution is -0.122. The third-order valence-corrected chi connectivity index (χ3v) is 5.45. The second-order valence-electron chi connectivity index (χ2n) is 7.16. The first-order valence-electron chi connectivity index (χ1n) is 9.30. The first kappa shape index (κ1) is 18.6. The van der Waals surface area contributed by atoms with Crippen molar-refractivity contribution in [2.75, 3.05) is 13.2 Å². The Bertz CT molecular complexity index is 758. The van der Waals surface area contributed by atoms with Gasteiger partial charge in [0.15, 0.2) is 0 Å². The zero-order valence-corrected chi connectivity index (χ0v) is 16.2. The van der Waals surface area contributed by atoms with Crippen LogP contribution in [0, 0.1) is 19.8 Å². The van der Waals surface area contributed by atoms with Gasteiger partial charge in [-0.1, -0.05) is 0 Å². The van der Waals surface area contributed by atoms with E-state index in [-0.39, 0.29) is 11.9 Å². The Kier molecular flexibility index (Phi) is 5.76. The molecule has 1 N–H and O–H groups in total. The summed E-state index contributed by atoms with van der Waals surface area (Å²) in [6, 6.07) is -0.0671. The summed E-state index contributed by atoms with van der Waals surface area (Å²) in [5.74, 6) is 1.33. The average molecular weight is 359 g/mol. The molecule has 2 aromatic heterocycles. The van der Waals surface area contributed by atoms with E-state index in [1.807, 2.05) is 43.4 Å². The van der Waals surface area contributed by atoms with Gasteiger partial charge in [0.05, 0.1) is 11.7 Å². The summed E-state index contributed by atoms with van der Waals surface area (Å²) >= 11 is 0. The van der Waals surface area contributed by atoms with Gasteiger partial charge < -0.3 is 14.6 Å². The molecule has 1 fully saturated rings. The number of rotatable bonds is 6. The molecule has 1 aliphatic heterocycles. The monoisotopic (exact) mass is 359 g/mol. The van der Waals surface area contributed by atoms with E-state index in [0.717, 1.165) is 43.3 Å². The van der Waals surface area contributed by atoms with Crippen LogP contribution in [0.5, 0.6) is 0 Å². The Morgan fingerprint density at radius 3 is 2.65 bits per heavy atom. The van der Waals surface area contributed by atoms with Crippen molar-refractivity contribution in [3.8, 4) is 0 Å². The van der Waals surface area contributed by atoms with Gasteiger partial charge in [0.25, 0.3) is 0 Å². The summed E-state index contributed by atoms with van der Waals surface area (Å²) in [5, 5.41) is 7.67. The Morgan fingerprint density at radius 1 is 1.35 bits per heavy atom. The van der Waals surface area contributed by atoms with Crippen molar-refractivity contribution in [2.24, 2.45) is 20.0 Å². The Balaban J connectivity index is 1.68. The molecule has 1 aliphatic rings. The third-order valence-electron chi connectivity index (χ3n) is 5.45. The summed E-state index contributed by atoms with van der Waals surface area (Å²) in [6.07, 6.45) is 6.76. The van der Waals surface area contributed by atoms with Crippen LogP contribution in [0.2, 0.25) is 0 Å². The molecule has 0 saturated carbocycles. The van der Waals surface area contributed by atoms with Crippen molar-refractivity contribution in [2.45, 2.75) is 45.6 Å². The lowest BCUT2D eigenvalue weighted by Crippen LogP contribution is -2.37. The van der Waals surface area contributed by atoms with Gasteiger partial charge >= 0.3 is 0 Å². The van der Waals surface area contributed by atoms with Crippen molar-refractivity contribution in [3.63, 3.8) is 0 Å². The van der Waals surface area contributed by atoms with Crippen LogP contribution in [0.25, 0.3) is 0 Å².